The van der Waals surface area contributed by atoms with Gasteiger partial charge in [-0.15, -0.1) is 0 Å². The minimum atomic E-state index is -0.212. The van der Waals surface area contributed by atoms with Gasteiger partial charge in [-0.2, -0.15) is 0 Å². The van der Waals surface area contributed by atoms with Gasteiger partial charge in [0.1, 0.15) is 6.61 Å². The lowest BCUT2D eigenvalue weighted by Gasteiger charge is -2.43. The minimum absolute atomic E-state index is 0.0221. The Hall–Kier alpha value is -1.81. The van der Waals surface area contributed by atoms with E-state index in [1.54, 1.807) is 0 Å². The molecule has 1 amide bonds. The van der Waals surface area contributed by atoms with Crippen molar-refractivity contribution in [2.75, 3.05) is 13.2 Å². The smallest absolute Gasteiger partial charge is 0.411 e. The van der Waals surface area contributed by atoms with Crippen molar-refractivity contribution in [3.05, 3.63) is 47.5 Å². The Balaban J connectivity index is 1.35. The molecule has 1 aromatic rings. The number of rotatable bonds is 13. The minimum Gasteiger partial charge on any atom is -0.445 e. The lowest BCUT2D eigenvalue weighted by molar-refractivity contribution is -0.0375. The van der Waals surface area contributed by atoms with Crippen molar-refractivity contribution in [1.29, 1.82) is 0 Å². The number of fused-ring (bicyclic) bond motifs is 2. The van der Waals surface area contributed by atoms with E-state index in [1.807, 2.05) is 35.2 Å². The fraction of sp³-hybridized carbons (Fsp3) is 0.667. The predicted octanol–water partition coefficient (Wildman–Crippen LogP) is 7.03. The van der Waals surface area contributed by atoms with Crippen LogP contribution in [0.15, 0.2) is 42.0 Å². The van der Waals surface area contributed by atoms with Gasteiger partial charge in [0.05, 0.1) is 25.3 Å². The zero-order chi connectivity index (χ0) is 21.7. The maximum atomic E-state index is 12.8. The standard InChI is InChI=1S/C27H41NO3/c1-2-3-4-5-6-7-8-9-10-12-17-24-18-25-21-30-22-26(19-24)28(25)27(29)31-20-23-15-13-11-14-16-23/h11,13-16,18,25-26H,2-10,12,17,19-22H2,1H3. The molecule has 4 nitrogen and oxygen atoms in total. The molecule has 172 valence electrons. The highest BCUT2D eigenvalue weighted by atomic mass is 16.6. The molecule has 2 unspecified atom stereocenters. The number of carbonyl (C=O) groups is 1. The third-order valence-electron chi connectivity index (χ3n) is 6.54. The highest BCUT2D eigenvalue weighted by Crippen LogP contribution is 2.30. The van der Waals surface area contributed by atoms with Crippen molar-refractivity contribution in [3.8, 4) is 0 Å². The fourth-order valence-corrected chi connectivity index (χ4v) is 4.79. The molecule has 1 aromatic carbocycles. The number of hydrogen-bond acceptors (Lipinski definition) is 3. The lowest BCUT2D eigenvalue weighted by Crippen LogP contribution is -2.56. The van der Waals surface area contributed by atoms with Crippen LogP contribution in [0.25, 0.3) is 0 Å². The second-order valence-electron chi connectivity index (χ2n) is 9.17. The Bertz CT molecular complexity index is 672. The average Bonchev–Trinajstić information content (AvgIpc) is 2.79. The third-order valence-corrected chi connectivity index (χ3v) is 6.54. The predicted molar refractivity (Wildman–Crippen MR) is 126 cm³/mol. The summed E-state index contributed by atoms with van der Waals surface area (Å²) in [4.78, 5) is 14.7. The van der Waals surface area contributed by atoms with Gasteiger partial charge in [0.2, 0.25) is 0 Å². The maximum Gasteiger partial charge on any atom is 0.411 e. The molecule has 0 aromatic heterocycles. The van der Waals surface area contributed by atoms with Crippen LogP contribution >= 0.6 is 0 Å². The number of hydrogen-bond donors (Lipinski definition) is 0. The van der Waals surface area contributed by atoms with Crippen molar-refractivity contribution >= 4 is 6.09 Å². The Morgan fingerprint density at radius 1 is 0.968 bits per heavy atom. The molecule has 0 saturated carbocycles. The summed E-state index contributed by atoms with van der Waals surface area (Å²) >= 11 is 0. The Labute approximate surface area is 189 Å². The van der Waals surface area contributed by atoms with E-state index >= 15 is 0 Å². The summed E-state index contributed by atoms with van der Waals surface area (Å²) in [6, 6.07) is 10.0. The zero-order valence-electron chi connectivity index (χ0n) is 19.4. The topological polar surface area (TPSA) is 38.8 Å². The van der Waals surface area contributed by atoms with Crippen LogP contribution in [0, 0.1) is 0 Å². The van der Waals surface area contributed by atoms with Crippen molar-refractivity contribution in [2.24, 2.45) is 0 Å². The molecule has 2 aliphatic rings. The van der Waals surface area contributed by atoms with Gasteiger partial charge in [-0.1, -0.05) is 107 Å². The van der Waals surface area contributed by atoms with Crippen molar-refractivity contribution in [1.82, 2.24) is 4.90 Å². The van der Waals surface area contributed by atoms with Crippen LogP contribution in [0.4, 0.5) is 4.79 Å². The van der Waals surface area contributed by atoms with Crippen LogP contribution in [0.1, 0.15) is 89.5 Å². The molecule has 0 radical (unpaired) electrons. The van der Waals surface area contributed by atoms with Crippen molar-refractivity contribution in [2.45, 2.75) is 103 Å². The van der Waals surface area contributed by atoms with Crippen LogP contribution in [-0.2, 0) is 16.1 Å². The van der Waals surface area contributed by atoms with Crippen LogP contribution in [0.2, 0.25) is 0 Å². The van der Waals surface area contributed by atoms with E-state index in [4.69, 9.17) is 9.47 Å². The molecule has 2 bridgehead atoms. The first kappa shape index (κ1) is 23.8. The molecule has 2 atom stereocenters. The summed E-state index contributed by atoms with van der Waals surface area (Å²) in [5, 5.41) is 0. The van der Waals surface area contributed by atoms with E-state index in [1.165, 1.54) is 69.8 Å². The highest BCUT2D eigenvalue weighted by molar-refractivity contribution is 5.69. The molecule has 0 spiro atoms. The number of carbonyl (C=O) groups excluding carboxylic acids is 1. The first-order valence-corrected chi connectivity index (χ1v) is 12.5. The van der Waals surface area contributed by atoms with Crippen molar-refractivity contribution < 1.29 is 14.3 Å². The highest BCUT2D eigenvalue weighted by Gasteiger charge is 2.38. The summed E-state index contributed by atoms with van der Waals surface area (Å²) in [6.45, 7) is 3.80. The molecule has 4 heteroatoms. The Kier molecular flexibility index (Phi) is 10.4. The third kappa shape index (κ3) is 7.99. The van der Waals surface area contributed by atoms with Gasteiger partial charge in [0.15, 0.2) is 0 Å². The van der Waals surface area contributed by atoms with E-state index in [0.717, 1.165) is 18.4 Å². The number of unbranched alkanes of at least 4 members (excludes halogenated alkanes) is 9. The average molecular weight is 428 g/mol. The van der Waals surface area contributed by atoms with Gasteiger partial charge < -0.3 is 9.47 Å². The van der Waals surface area contributed by atoms with E-state index in [0.29, 0.717) is 19.8 Å². The molecule has 0 N–H and O–H groups in total. The van der Waals surface area contributed by atoms with E-state index in [2.05, 4.69) is 13.0 Å². The molecule has 1 saturated heterocycles. The first-order chi connectivity index (χ1) is 15.3. The summed E-state index contributed by atoms with van der Waals surface area (Å²) in [5.41, 5.74) is 2.52. The molecule has 2 heterocycles. The molecule has 31 heavy (non-hydrogen) atoms. The van der Waals surface area contributed by atoms with E-state index in [9.17, 15) is 4.79 Å². The number of nitrogens with zero attached hydrogens (tertiary/aromatic N) is 1. The first-order valence-electron chi connectivity index (χ1n) is 12.5. The number of amides is 1. The Morgan fingerprint density at radius 3 is 2.32 bits per heavy atom. The van der Waals surface area contributed by atoms with Gasteiger partial charge in [-0.05, 0) is 24.8 Å². The lowest BCUT2D eigenvalue weighted by atomic mass is 9.91. The molecule has 1 fully saturated rings. The van der Waals surface area contributed by atoms with Gasteiger partial charge in [0.25, 0.3) is 0 Å². The molecule has 2 aliphatic heterocycles. The monoisotopic (exact) mass is 427 g/mol. The second kappa shape index (κ2) is 13.6. The fourth-order valence-electron chi connectivity index (χ4n) is 4.79. The van der Waals surface area contributed by atoms with Crippen LogP contribution in [0.3, 0.4) is 0 Å². The van der Waals surface area contributed by atoms with Crippen molar-refractivity contribution in [3.63, 3.8) is 0 Å². The largest absolute Gasteiger partial charge is 0.445 e. The molecule has 3 rings (SSSR count). The summed E-state index contributed by atoms with van der Waals surface area (Å²) in [7, 11) is 0. The SMILES string of the molecule is CCCCCCCCCCCCC1=CC2COCC(C1)N2C(=O)OCc1ccccc1. The van der Waals surface area contributed by atoms with Crippen LogP contribution < -0.4 is 0 Å². The summed E-state index contributed by atoms with van der Waals surface area (Å²) in [5.74, 6) is 0. The number of ether oxygens (including phenoxy) is 2. The normalized spacial score (nSPS) is 20.4. The van der Waals surface area contributed by atoms with Gasteiger partial charge in [-0.25, -0.2) is 4.79 Å². The van der Waals surface area contributed by atoms with Crippen LogP contribution in [0.5, 0.6) is 0 Å². The number of morpholine rings is 1. The second-order valence-corrected chi connectivity index (χ2v) is 9.17. The van der Waals surface area contributed by atoms with E-state index in [-0.39, 0.29) is 18.2 Å². The maximum absolute atomic E-state index is 12.8. The molecular weight excluding hydrogens is 386 g/mol. The summed E-state index contributed by atoms with van der Waals surface area (Å²) in [6.07, 6.45) is 17.8. The van der Waals surface area contributed by atoms with Gasteiger partial charge in [0, 0.05) is 0 Å². The van der Waals surface area contributed by atoms with Gasteiger partial charge in [-0.3, -0.25) is 4.90 Å². The molecule has 0 aliphatic carbocycles. The number of benzene rings is 1. The zero-order valence-corrected chi connectivity index (χ0v) is 19.4. The quantitative estimate of drug-likeness (QED) is 0.250. The molecular formula is C27H41NO3. The van der Waals surface area contributed by atoms with Gasteiger partial charge >= 0.3 is 6.09 Å². The summed E-state index contributed by atoms with van der Waals surface area (Å²) < 4.78 is 11.3. The van der Waals surface area contributed by atoms with Crippen LogP contribution in [-0.4, -0.2) is 36.3 Å². The Morgan fingerprint density at radius 2 is 1.65 bits per heavy atom. The van der Waals surface area contributed by atoms with E-state index < -0.39 is 0 Å².